The second-order valence-electron chi connectivity index (χ2n) is 9.85. The maximum atomic E-state index is 12.3. The zero-order valence-corrected chi connectivity index (χ0v) is 22.2. The van der Waals surface area contributed by atoms with Crippen molar-refractivity contribution in [3.05, 3.63) is 59.2 Å². The standard InChI is InChI=1S/C25H39N3O5Si/c1-8-9-10-15-31-23(29)12-11-19-16-22(28-14-13-21(26)27-24(28)30)33-20(19)17-32-34(6,7)25(4,5)18(2)3/h8,11-14,16,18,20,22H,1,9-10,15,17H2,2-7H3,(H2,26,27,30)/b12-11+/t20-,22-/m1/s1. The molecule has 2 atom stereocenters. The van der Waals surface area contributed by atoms with Crippen LogP contribution in [0.25, 0.3) is 0 Å². The Hall–Kier alpha value is -2.49. The Morgan fingerprint density at radius 3 is 2.74 bits per heavy atom. The van der Waals surface area contributed by atoms with Crippen LogP contribution in [0.2, 0.25) is 18.1 Å². The normalized spacial score (nSPS) is 19.0. The van der Waals surface area contributed by atoms with Crippen molar-refractivity contribution in [3.63, 3.8) is 0 Å². The first-order chi connectivity index (χ1) is 15.9. The molecule has 2 N–H and O–H groups in total. The zero-order chi connectivity index (χ0) is 25.5. The van der Waals surface area contributed by atoms with Gasteiger partial charge >= 0.3 is 11.7 Å². The van der Waals surface area contributed by atoms with Gasteiger partial charge in [0.05, 0.1) is 13.2 Å². The van der Waals surface area contributed by atoms with Crippen LogP contribution in [0.3, 0.4) is 0 Å². The van der Waals surface area contributed by atoms with Gasteiger partial charge in [-0.25, -0.2) is 9.59 Å². The number of nitrogen functional groups attached to an aromatic ring is 1. The molecule has 9 heteroatoms. The van der Waals surface area contributed by atoms with Crippen LogP contribution in [0.4, 0.5) is 5.82 Å². The summed E-state index contributed by atoms with van der Waals surface area (Å²) in [5.41, 5.74) is 5.85. The smallest absolute Gasteiger partial charge is 0.351 e. The third kappa shape index (κ3) is 7.01. The lowest BCUT2D eigenvalue weighted by Crippen LogP contribution is -2.46. The number of ether oxygens (including phenoxy) is 2. The largest absolute Gasteiger partial charge is 0.463 e. The van der Waals surface area contributed by atoms with Crippen molar-refractivity contribution in [3.8, 4) is 0 Å². The Labute approximate surface area is 203 Å². The van der Waals surface area contributed by atoms with E-state index in [1.807, 2.05) is 0 Å². The van der Waals surface area contributed by atoms with E-state index in [4.69, 9.17) is 19.6 Å². The van der Waals surface area contributed by atoms with Crippen LogP contribution in [0.1, 0.15) is 46.8 Å². The van der Waals surface area contributed by atoms with Crippen LogP contribution in [0, 0.1) is 5.92 Å². The van der Waals surface area contributed by atoms with Gasteiger partial charge in [-0.1, -0.05) is 33.8 Å². The molecule has 0 spiro atoms. The molecule has 1 aliphatic rings. The maximum Gasteiger partial charge on any atom is 0.351 e. The summed E-state index contributed by atoms with van der Waals surface area (Å²) in [6.45, 7) is 17.6. The van der Waals surface area contributed by atoms with Crippen LogP contribution in [-0.2, 0) is 18.7 Å². The van der Waals surface area contributed by atoms with Gasteiger partial charge < -0.3 is 19.6 Å². The predicted octanol–water partition coefficient (Wildman–Crippen LogP) is 4.37. The Balaban J connectivity index is 2.20. The van der Waals surface area contributed by atoms with Gasteiger partial charge in [0.2, 0.25) is 0 Å². The number of esters is 1. The van der Waals surface area contributed by atoms with E-state index in [1.54, 1.807) is 30.5 Å². The van der Waals surface area contributed by atoms with Gasteiger partial charge in [-0.05, 0) is 60.7 Å². The molecule has 0 aromatic carbocycles. The van der Waals surface area contributed by atoms with Crippen molar-refractivity contribution >= 4 is 20.1 Å². The van der Waals surface area contributed by atoms with E-state index in [1.165, 1.54) is 10.6 Å². The number of nitrogens with two attached hydrogens (primary N) is 1. The Morgan fingerprint density at radius 1 is 1.41 bits per heavy atom. The minimum Gasteiger partial charge on any atom is -0.463 e. The number of carbonyl (C=O) groups excluding carboxylic acids is 1. The van der Waals surface area contributed by atoms with E-state index in [9.17, 15) is 9.59 Å². The average molecular weight is 490 g/mol. The van der Waals surface area contributed by atoms with E-state index >= 15 is 0 Å². The molecule has 1 aliphatic heterocycles. The topological polar surface area (TPSA) is 106 Å². The van der Waals surface area contributed by atoms with Crippen LogP contribution in [0.5, 0.6) is 0 Å². The molecule has 0 amide bonds. The monoisotopic (exact) mass is 489 g/mol. The van der Waals surface area contributed by atoms with E-state index < -0.39 is 32.3 Å². The second kappa shape index (κ2) is 11.8. The number of nitrogens with zero attached hydrogens (tertiary/aromatic N) is 2. The number of rotatable bonds is 12. The van der Waals surface area contributed by atoms with Crippen LogP contribution in [-0.4, -0.2) is 43.2 Å². The molecule has 2 rings (SSSR count). The summed E-state index contributed by atoms with van der Waals surface area (Å²) < 4.78 is 19.2. The Bertz CT molecular complexity index is 981. The van der Waals surface area contributed by atoms with Crippen molar-refractivity contribution in [2.24, 2.45) is 5.92 Å². The quantitative estimate of drug-likeness (QED) is 0.153. The predicted molar refractivity (Wildman–Crippen MR) is 137 cm³/mol. The highest BCUT2D eigenvalue weighted by Crippen LogP contribution is 2.45. The van der Waals surface area contributed by atoms with Crippen molar-refractivity contribution < 1.29 is 18.7 Å². The fraction of sp³-hybridized carbons (Fsp3) is 0.560. The molecule has 0 saturated carbocycles. The molecule has 34 heavy (non-hydrogen) atoms. The van der Waals surface area contributed by atoms with Gasteiger partial charge in [-0.15, -0.1) is 6.58 Å². The van der Waals surface area contributed by atoms with E-state index in [0.717, 1.165) is 18.4 Å². The summed E-state index contributed by atoms with van der Waals surface area (Å²) in [6, 6.07) is 1.54. The highest BCUT2D eigenvalue weighted by atomic mass is 28.4. The first-order valence-corrected chi connectivity index (χ1v) is 14.6. The van der Waals surface area contributed by atoms with Gasteiger partial charge in [-0.2, -0.15) is 4.98 Å². The molecule has 0 bridgehead atoms. The number of carbonyl (C=O) groups is 1. The minimum atomic E-state index is -2.11. The number of hydrogen-bond acceptors (Lipinski definition) is 7. The average Bonchev–Trinajstić information content (AvgIpc) is 3.16. The second-order valence-corrected chi connectivity index (χ2v) is 14.5. The first-order valence-electron chi connectivity index (χ1n) is 11.7. The van der Waals surface area contributed by atoms with Crippen LogP contribution < -0.4 is 11.4 Å². The zero-order valence-electron chi connectivity index (χ0n) is 21.2. The first kappa shape index (κ1) is 27.7. The van der Waals surface area contributed by atoms with E-state index in [0.29, 0.717) is 19.1 Å². The summed E-state index contributed by atoms with van der Waals surface area (Å²) in [6.07, 6.45) is 8.55. The van der Waals surface area contributed by atoms with Gasteiger partial charge in [0.25, 0.3) is 0 Å². The molecule has 188 valence electrons. The lowest BCUT2D eigenvalue weighted by molar-refractivity contribution is -0.137. The number of aromatic nitrogens is 2. The molecule has 1 aromatic rings. The lowest BCUT2D eigenvalue weighted by atomic mass is 9.99. The summed E-state index contributed by atoms with van der Waals surface area (Å²) in [5.74, 6) is 0.165. The molecular weight excluding hydrogens is 450 g/mol. The van der Waals surface area contributed by atoms with E-state index in [2.05, 4.69) is 52.4 Å². The summed E-state index contributed by atoms with van der Waals surface area (Å²) in [5, 5.41) is 0.0395. The Morgan fingerprint density at radius 2 is 2.12 bits per heavy atom. The number of anilines is 1. The van der Waals surface area contributed by atoms with Crippen molar-refractivity contribution in [2.75, 3.05) is 18.9 Å². The minimum absolute atomic E-state index is 0.0395. The van der Waals surface area contributed by atoms with Crippen molar-refractivity contribution in [2.45, 2.75) is 71.0 Å². The number of unbranched alkanes of at least 4 members (excludes halogenated alkanes) is 1. The summed E-state index contributed by atoms with van der Waals surface area (Å²) >= 11 is 0. The molecule has 0 fully saturated rings. The van der Waals surface area contributed by atoms with Gasteiger partial charge in [-0.3, -0.25) is 4.57 Å². The van der Waals surface area contributed by atoms with Gasteiger partial charge in [0, 0.05) is 12.3 Å². The Kier molecular flexibility index (Phi) is 9.61. The molecule has 2 heterocycles. The fourth-order valence-corrected chi connectivity index (χ4v) is 5.73. The molecule has 1 aromatic heterocycles. The highest BCUT2D eigenvalue weighted by molar-refractivity contribution is 6.74. The molecule has 0 radical (unpaired) electrons. The van der Waals surface area contributed by atoms with Crippen molar-refractivity contribution in [1.29, 1.82) is 0 Å². The third-order valence-electron chi connectivity index (χ3n) is 6.94. The third-order valence-corrected chi connectivity index (χ3v) is 11.5. The molecular formula is C25H39N3O5Si. The van der Waals surface area contributed by atoms with E-state index in [-0.39, 0.29) is 10.9 Å². The molecule has 0 unspecified atom stereocenters. The van der Waals surface area contributed by atoms with Crippen LogP contribution in [0.15, 0.2) is 53.5 Å². The fourth-order valence-electron chi connectivity index (χ4n) is 3.40. The maximum absolute atomic E-state index is 12.3. The van der Waals surface area contributed by atoms with Crippen LogP contribution >= 0.6 is 0 Å². The highest BCUT2D eigenvalue weighted by Gasteiger charge is 2.44. The molecule has 8 nitrogen and oxygen atoms in total. The molecule has 0 aliphatic carbocycles. The van der Waals surface area contributed by atoms with Gasteiger partial charge in [0.1, 0.15) is 11.9 Å². The summed E-state index contributed by atoms with van der Waals surface area (Å²) in [4.78, 5) is 28.3. The SMILES string of the molecule is C=CCCCOC(=O)/C=C/C1=C[C@H](n2ccc(N)nc2=O)O[C@@H]1CO[Si](C)(C)C(C)(C)C(C)C. The lowest BCUT2D eigenvalue weighted by Gasteiger charge is -2.43. The number of allylic oxidation sites excluding steroid dienone is 1. The number of hydrogen-bond donors (Lipinski definition) is 1. The van der Waals surface area contributed by atoms with Crippen molar-refractivity contribution in [1.82, 2.24) is 9.55 Å². The summed E-state index contributed by atoms with van der Waals surface area (Å²) in [7, 11) is -2.11. The molecule has 0 saturated heterocycles. The van der Waals surface area contributed by atoms with Gasteiger partial charge in [0.15, 0.2) is 14.5 Å².